The summed E-state index contributed by atoms with van der Waals surface area (Å²) in [7, 11) is -3.80. The summed E-state index contributed by atoms with van der Waals surface area (Å²) in [6.07, 6.45) is 0.937. The predicted molar refractivity (Wildman–Crippen MR) is 75.3 cm³/mol. The minimum Gasteiger partial charge on any atom is -0.398 e. The van der Waals surface area contributed by atoms with Crippen LogP contribution in [-0.2, 0) is 10.0 Å². The Morgan fingerprint density at radius 3 is 2.50 bits per heavy atom. The van der Waals surface area contributed by atoms with Crippen molar-refractivity contribution in [3.05, 3.63) is 47.4 Å². The zero-order valence-corrected chi connectivity index (χ0v) is 11.8. The Morgan fingerprint density at radius 1 is 1.25 bits per heavy atom. The lowest BCUT2D eigenvalue weighted by Gasteiger charge is -2.11. The number of hydrogen-bond donors (Lipinski definition) is 2. The van der Waals surface area contributed by atoms with E-state index in [2.05, 4.69) is 9.71 Å². The average Bonchev–Trinajstić information content (AvgIpc) is 2.38. The van der Waals surface area contributed by atoms with Crippen LogP contribution in [0.5, 0.6) is 0 Å². The molecule has 1 aromatic heterocycles. The number of anilines is 2. The van der Waals surface area contributed by atoms with Gasteiger partial charge in [0.25, 0.3) is 10.0 Å². The fourth-order valence-corrected chi connectivity index (χ4v) is 2.77. The minimum atomic E-state index is -3.80. The number of sulfonamides is 1. The Morgan fingerprint density at radius 2 is 1.95 bits per heavy atom. The van der Waals surface area contributed by atoms with Gasteiger partial charge in [-0.2, -0.15) is 0 Å². The van der Waals surface area contributed by atoms with Crippen LogP contribution >= 0.6 is 0 Å². The number of halogens is 1. The van der Waals surface area contributed by atoms with Gasteiger partial charge in [-0.25, -0.2) is 17.8 Å². The molecule has 3 N–H and O–H groups in total. The zero-order chi connectivity index (χ0) is 14.9. The molecule has 0 atom stereocenters. The van der Waals surface area contributed by atoms with Crippen molar-refractivity contribution in [1.82, 2.24) is 4.98 Å². The maximum Gasteiger partial charge on any atom is 0.263 e. The summed E-state index contributed by atoms with van der Waals surface area (Å²) < 4.78 is 39.4. The Kier molecular flexibility index (Phi) is 3.63. The van der Waals surface area contributed by atoms with E-state index >= 15 is 0 Å². The highest BCUT2D eigenvalue weighted by Gasteiger charge is 2.17. The topological polar surface area (TPSA) is 85.1 Å². The van der Waals surface area contributed by atoms with E-state index in [1.165, 1.54) is 18.2 Å². The molecule has 0 aliphatic carbocycles. The third-order valence-corrected chi connectivity index (χ3v) is 4.29. The molecule has 2 aromatic rings. The maximum absolute atomic E-state index is 12.7. The minimum absolute atomic E-state index is 0.0446. The van der Waals surface area contributed by atoms with Crippen molar-refractivity contribution in [3.8, 4) is 0 Å². The Balaban J connectivity index is 2.38. The molecule has 0 spiro atoms. The molecule has 0 amide bonds. The molecule has 1 aromatic carbocycles. The summed E-state index contributed by atoms with van der Waals surface area (Å²) in [5.74, 6) is -0.494. The van der Waals surface area contributed by atoms with Gasteiger partial charge in [-0.3, -0.25) is 4.72 Å². The van der Waals surface area contributed by atoms with Gasteiger partial charge >= 0.3 is 0 Å². The number of nitrogens with two attached hydrogens (primary N) is 1. The van der Waals surface area contributed by atoms with E-state index in [1.54, 1.807) is 6.92 Å². The third-order valence-electron chi connectivity index (χ3n) is 2.96. The molecule has 0 fully saturated rings. The highest BCUT2D eigenvalue weighted by Crippen LogP contribution is 2.23. The van der Waals surface area contributed by atoms with Crippen LogP contribution in [0.25, 0.3) is 0 Å². The van der Waals surface area contributed by atoms with Gasteiger partial charge in [0.2, 0.25) is 0 Å². The van der Waals surface area contributed by atoms with E-state index in [-0.39, 0.29) is 10.7 Å². The zero-order valence-electron chi connectivity index (χ0n) is 11.0. The second-order valence-corrected chi connectivity index (χ2v) is 6.10. The van der Waals surface area contributed by atoms with Crippen LogP contribution in [0.15, 0.2) is 35.4 Å². The van der Waals surface area contributed by atoms with Crippen LogP contribution in [0.1, 0.15) is 11.1 Å². The van der Waals surface area contributed by atoms with E-state index in [9.17, 15) is 12.8 Å². The summed E-state index contributed by atoms with van der Waals surface area (Å²) in [5, 5.41) is 0. The lowest BCUT2D eigenvalue weighted by atomic mass is 10.1. The van der Waals surface area contributed by atoms with Gasteiger partial charge in [-0.1, -0.05) is 0 Å². The number of aryl methyl sites for hydroxylation is 1. The summed E-state index contributed by atoms with van der Waals surface area (Å²) in [5.41, 5.74) is 7.79. The first kappa shape index (κ1) is 14.3. The standard InChI is InChI=1S/C13H14FN3O2S/c1-8-5-11(6-12(15)9(8)2)20(18,19)17-13-4-3-10(14)7-16-13/h3-7H,15H2,1-2H3,(H,16,17). The lowest BCUT2D eigenvalue weighted by molar-refractivity contribution is 0.600. The van der Waals surface area contributed by atoms with E-state index < -0.39 is 15.8 Å². The number of nitrogens with one attached hydrogen (secondary N) is 1. The number of nitrogen functional groups attached to an aromatic ring is 1. The third kappa shape index (κ3) is 2.88. The van der Waals surface area contributed by atoms with E-state index in [0.29, 0.717) is 5.69 Å². The molecule has 2 rings (SSSR count). The largest absolute Gasteiger partial charge is 0.398 e. The van der Waals surface area contributed by atoms with Crippen molar-refractivity contribution in [2.75, 3.05) is 10.5 Å². The number of pyridine rings is 1. The van der Waals surface area contributed by atoms with Gasteiger partial charge in [0.05, 0.1) is 11.1 Å². The van der Waals surface area contributed by atoms with E-state index in [4.69, 9.17) is 5.73 Å². The summed E-state index contributed by atoms with van der Waals surface area (Å²) in [6.45, 7) is 3.59. The van der Waals surface area contributed by atoms with Crippen LogP contribution in [-0.4, -0.2) is 13.4 Å². The van der Waals surface area contributed by atoms with Gasteiger partial charge in [-0.15, -0.1) is 0 Å². The van der Waals surface area contributed by atoms with Crippen LogP contribution in [0.3, 0.4) is 0 Å². The van der Waals surface area contributed by atoms with Crippen LogP contribution < -0.4 is 10.5 Å². The molecule has 0 bridgehead atoms. The SMILES string of the molecule is Cc1cc(S(=O)(=O)Nc2ccc(F)cn2)cc(N)c1C. The highest BCUT2D eigenvalue weighted by molar-refractivity contribution is 7.92. The van der Waals surface area contributed by atoms with Crippen LogP contribution in [0.4, 0.5) is 15.9 Å². The Bertz CT molecular complexity index is 720. The number of aromatic nitrogens is 1. The van der Waals surface area contributed by atoms with Crippen molar-refractivity contribution in [2.24, 2.45) is 0 Å². The maximum atomic E-state index is 12.7. The van der Waals surface area contributed by atoms with Crippen LogP contribution in [0, 0.1) is 19.7 Å². The second-order valence-electron chi connectivity index (χ2n) is 4.42. The molecule has 1 heterocycles. The van der Waals surface area contributed by atoms with Crippen molar-refractivity contribution in [3.63, 3.8) is 0 Å². The highest BCUT2D eigenvalue weighted by atomic mass is 32.2. The summed E-state index contributed by atoms with van der Waals surface area (Å²) in [4.78, 5) is 3.70. The number of hydrogen-bond acceptors (Lipinski definition) is 4. The predicted octanol–water partition coefficient (Wildman–Crippen LogP) is 2.22. The molecular formula is C13H14FN3O2S. The Hall–Kier alpha value is -2.15. The van der Waals surface area contributed by atoms with Gasteiger partial charge in [0, 0.05) is 5.69 Å². The Labute approximate surface area is 116 Å². The molecule has 5 nitrogen and oxygen atoms in total. The van der Waals surface area contributed by atoms with E-state index in [1.807, 2.05) is 6.92 Å². The molecule has 0 saturated heterocycles. The average molecular weight is 295 g/mol. The summed E-state index contributed by atoms with van der Waals surface area (Å²) in [6, 6.07) is 5.28. The molecule has 0 unspecified atom stereocenters. The lowest BCUT2D eigenvalue weighted by Crippen LogP contribution is -2.14. The van der Waals surface area contributed by atoms with Crippen molar-refractivity contribution in [2.45, 2.75) is 18.7 Å². The molecule has 0 radical (unpaired) electrons. The van der Waals surface area contributed by atoms with Crippen molar-refractivity contribution >= 4 is 21.5 Å². The van der Waals surface area contributed by atoms with Gasteiger partial charge in [0.15, 0.2) is 0 Å². The van der Waals surface area contributed by atoms with Crippen molar-refractivity contribution < 1.29 is 12.8 Å². The smallest absolute Gasteiger partial charge is 0.263 e. The van der Waals surface area contributed by atoms with Crippen molar-refractivity contribution in [1.29, 1.82) is 0 Å². The van der Waals surface area contributed by atoms with Gasteiger partial charge < -0.3 is 5.73 Å². The molecular weight excluding hydrogens is 281 g/mol. The fraction of sp³-hybridized carbons (Fsp3) is 0.154. The number of rotatable bonds is 3. The normalized spacial score (nSPS) is 11.3. The first-order valence-corrected chi connectivity index (χ1v) is 7.29. The molecule has 106 valence electrons. The van der Waals surface area contributed by atoms with Gasteiger partial charge in [-0.05, 0) is 49.2 Å². The molecule has 0 saturated carbocycles. The number of benzene rings is 1. The van der Waals surface area contributed by atoms with E-state index in [0.717, 1.165) is 23.4 Å². The monoisotopic (exact) mass is 295 g/mol. The molecule has 20 heavy (non-hydrogen) atoms. The summed E-state index contributed by atoms with van der Waals surface area (Å²) >= 11 is 0. The fourth-order valence-electron chi connectivity index (χ4n) is 1.64. The molecule has 0 aliphatic rings. The number of nitrogens with zero attached hydrogens (tertiary/aromatic N) is 1. The quantitative estimate of drug-likeness (QED) is 0.850. The first-order chi connectivity index (χ1) is 9.29. The molecule has 0 aliphatic heterocycles. The van der Waals surface area contributed by atoms with Gasteiger partial charge in [0.1, 0.15) is 11.6 Å². The van der Waals surface area contributed by atoms with Crippen LogP contribution in [0.2, 0.25) is 0 Å². The first-order valence-electron chi connectivity index (χ1n) is 5.81. The molecule has 7 heteroatoms. The second kappa shape index (κ2) is 5.09.